The first-order chi connectivity index (χ1) is 9.24. The quantitative estimate of drug-likeness (QED) is 0.808. The molecule has 1 aromatic carbocycles. The molecule has 19 heavy (non-hydrogen) atoms. The second-order valence-corrected chi connectivity index (χ2v) is 6.75. The lowest BCUT2D eigenvalue weighted by atomic mass is 10.1. The minimum atomic E-state index is 0.165. The second kappa shape index (κ2) is 7.92. The van der Waals surface area contributed by atoms with Crippen LogP contribution in [-0.2, 0) is 4.79 Å². The molecule has 1 unspecified atom stereocenters. The van der Waals surface area contributed by atoms with Gasteiger partial charge in [0.1, 0.15) is 0 Å². The minimum absolute atomic E-state index is 0.165. The maximum absolute atomic E-state index is 11.8. The van der Waals surface area contributed by atoms with Crippen molar-refractivity contribution in [2.75, 3.05) is 18.8 Å². The molecule has 2 rings (SSSR count). The molecule has 0 aromatic heterocycles. The van der Waals surface area contributed by atoms with Crippen LogP contribution in [0.5, 0.6) is 0 Å². The molecule has 1 aliphatic rings. The van der Waals surface area contributed by atoms with Crippen LogP contribution in [0.25, 0.3) is 0 Å². The van der Waals surface area contributed by atoms with E-state index in [0.29, 0.717) is 12.5 Å². The fourth-order valence-corrected chi connectivity index (χ4v) is 3.18. The topological polar surface area (TPSA) is 41.1 Å². The fourth-order valence-electron chi connectivity index (χ4n) is 2.07. The first-order valence-corrected chi connectivity index (χ1v) is 8.40. The monoisotopic (exact) mass is 342 g/mol. The van der Waals surface area contributed by atoms with Crippen molar-refractivity contribution in [3.63, 3.8) is 0 Å². The molecule has 1 fully saturated rings. The molecule has 0 radical (unpaired) electrons. The Morgan fingerprint density at radius 2 is 2.21 bits per heavy atom. The molecule has 1 atom stereocenters. The van der Waals surface area contributed by atoms with Crippen LogP contribution in [0.3, 0.4) is 0 Å². The Labute approximate surface area is 127 Å². The number of piperidine rings is 1. The van der Waals surface area contributed by atoms with Crippen molar-refractivity contribution in [2.24, 2.45) is 0 Å². The molecule has 1 saturated heterocycles. The van der Waals surface area contributed by atoms with Crippen molar-refractivity contribution in [3.8, 4) is 0 Å². The number of carbonyl (C=O) groups excluding carboxylic acids is 1. The predicted molar refractivity (Wildman–Crippen MR) is 83.5 cm³/mol. The van der Waals surface area contributed by atoms with Crippen LogP contribution in [0, 0.1) is 0 Å². The molecule has 0 spiro atoms. The number of hydrogen-bond donors (Lipinski definition) is 2. The van der Waals surface area contributed by atoms with Gasteiger partial charge in [0, 0.05) is 34.1 Å². The maximum Gasteiger partial charge on any atom is 0.221 e. The Kier molecular flexibility index (Phi) is 6.20. The summed E-state index contributed by atoms with van der Waals surface area (Å²) in [6.07, 6.45) is 2.83. The van der Waals surface area contributed by atoms with Crippen LogP contribution >= 0.6 is 27.7 Å². The number of rotatable bonds is 5. The number of halogens is 1. The molecule has 0 saturated carbocycles. The first kappa shape index (κ1) is 14.9. The van der Waals surface area contributed by atoms with E-state index in [9.17, 15) is 4.79 Å². The van der Waals surface area contributed by atoms with Crippen molar-refractivity contribution in [1.29, 1.82) is 0 Å². The average molecular weight is 343 g/mol. The highest BCUT2D eigenvalue weighted by Crippen LogP contribution is 2.21. The Bertz CT molecular complexity index is 404. The third-order valence-corrected chi connectivity index (χ3v) is 4.62. The van der Waals surface area contributed by atoms with Crippen molar-refractivity contribution < 1.29 is 4.79 Å². The summed E-state index contributed by atoms with van der Waals surface area (Å²) in [7, 11) is 0. The van der Waals surface area contributed by atoms with Gasteiger partial charge >= 0.3 is 0 Å². The lowest BCUT2D eigenvalue weighted by molar-refractivity contribution is -0.121. The zero-order chi connectivity index (χ0) is 13.5. The molecular formula is C14H19BrN2OS. The van der Waals surface area contributed by atoms with Crippen LogP contribution in [-0.4, -0.2) is 30.8 Å². The van der Waals surface area contributed by atoms with Gasteiger partial charge in [-0.15, -0.1) is 11.8 Å². The molecule has 0 aliphatic carbocycles. The largest absolute Gasteiger partial charge is 0.352 e. The molecule has 1 heterocycles. The molecule has 2 N–H and O–H groups in total. The fraction of sp³-hybridized carbons (Fsp3) is 0.500. The van der Waals surface area contributed by atoms with E-state index in [1.165, 1.54) is 4.90 Å². The van der Waals surface area contributed by atoms with Gasteiger partial charge in [-0.3, -0.25) is 4.79 Å². The number of nitrogens with one attached hydrogen (secondary N) is 2. The van der Waals surface area contributed by atoms with E-state index in [2.05, 4.69) is 38.7 Å². The van der Waals surface area contributed by atoms with E-state index < -0.39 is 0 Å². The Morgan fingerprint density at radius 1 is 1.42 bits per heavy atom. The molecule has 1 aliphatic heterocycles. The standard InChI is InChI=1S/C14H19BrN2OS/c15-11-3-5-13(6-4-11)19-9-7-14(18)17-12-2-1-8-16-10-12/h3-6,12,16H,1-2,7-10H2,(H,17,18). The minimum Gasteiger partial charge on any atom is -0.352 e. The van der Waals surface area contributed by atoms with E-state index in [1.807, 2.05) is 12.1 Å². The van der Waals surface area contributed by atoms with E-state index in [1.54, 1.807) is 11.8 Å². The first-order valence-electron chi connectivity index (χ1n) is 6.62. The molecule has 5 heteroatoms. The Balaban J connectivity index is 1.64. The van der Waals surface area contributed by atoms with E-state index in [4.69, 9.17) is 0 Å². The number of carbonyl (C=O) groups is 1. The normalized spacial score (nSPS) is 19.1. The van der Waals surface area contributed by atoms with Crippen molar-refractivity contribution in [3.05, 3.63) is 28.7 Å². The summed E-state index contributed by atoms with van der Waals surface area (Å²) in [5, 5.41) is 6.40. The van der Waals surface area contributed by atoms with E-state index >= 15 is 0 Å². The summed E-state index contributed by atoms with van der Waals surface area (Å²) in [5.74, 6) is 0.992. The van der Waals surface area contributed by atoms with Gasteiger partial charge in [-0.05, 0) is 43.7 Å². The summed E-state index contributed by atoms with van der Waals surface area (Å²) in [4.78, 5) is 13.0. The summed E-state index contributed by atoms with van der Waals surface area (Å²) in [6.45, 7) is 1.98. The smallest absolute Gasteiger partial charge is 0.221 e. The van der Waals surface area contributed by atoms with Gasteiger partial charge in [0.05, 0.1) is 0 Å². The SMILES string of the molecule is O=C(CCSc1ccc(Br)cc1)NC1CCCNC1. The summed E-state index contributed by atoms with van der Waals surface area (Å²) in [6, 6.07) is 8.50. The van der Waals surface area contributed by atoms with Gasteiger partial charge in [0.15, 0.2) is 0 Å². The van der Waals surface area contributed by atoms with Crippen molar-refractivity contribution >= 4 is 33.6 Å². The molecule has 0 bridgehead atoms. The number of thioether (sulfide) groups is 1. The Morgan fingerprint density at radius 3 is 2.89 bits per heavy atom. The van der Waals surface area contributed by atoms with Gasteiger partial charge in [-0.25, -0.2) is 0 Å². The average Bonchev–Trinajstić information content (AvgIpc) is 2.42. The van der Waals surface area contributed by atoms with Gasteiger partial charge in [-0.2, -0.15) is 0 Å². The highest BCUT2D eigenvalue weighted by Gasteiger charge is 2.14. The van der Waals surface area contributed by atoms with Crippen LogP contribution in [0.2, 0.25) is 0 Å². The summed E-state index contributed by atoms with van der Waals surface area (Å²) >= 11 is 5.13. The number of benzene rings is 1. The molecular weight excluding hydrogens is 324 g/mol. The second-order valence-electron chi connectivity index (χ2n) is 4.66. The summed E-state index contributed by atoms with van der Waals surface area (Å²) < 4.78 is 1.08. The molecule has 104 valence electrons. The third kappa shape index (κ3) is 5.55. The van der Waals surface area contributed by atoms with Gasteiger partial charge in [0.25, 0.3) is 0 Å². The lowest BCUT2D eigenvalue weighted by Gasteiger charge is -2.23. The van der Waals surface area contributed by atoms with Crippen LogP contribution in [0.1, 0.15) is 19.3 Å². The van der Waals surface area contributed by atoms with Gasteiger partial charge < -0.3 is 10.6 Å². The van der Waals surface area contributed by atoms with Crippen LogP contribution in [0.4, 0.5) is 0 Å². The van der Waals surface area contributed by atoms with Crippen LogP contribution < -0.4 is 10.6 Å². The van der Waals surface area contributed by atoms with Gasteiger partial charge in [-0.1, -0.05) is 15.9 Å². The van der Waals surface area contributed by atoms with E-state index in [-0.39, 0.29) is 5.91 Å². The zero-order valence-electron chi connectivity index (χ0n) is 10.8. The predicted octanol–water partition coefficient (Wildman–Crippen LogP) is 2.80. The molecule has 3 nitrogen and oxygen atoms in total. The third-order valence-electron chi connectivity index (χ3n) is 3.07. The molecule has 1 aromatic rings. The maximum atomic E-state index is 11.8. The lowest BCUT2D eigenvalue weighted by Crippen LogP contribution is -2.45. The summed E-state index contributed by atoms with van der Waals surface area (Å²) in [5.41, 5.74) is 0. The van der Waals surface area contributed by atoms with E-state index in [0.717, 1.165) is 36.2 Å². The Hall–Kier alpha value is -0.520. The van der Waals surface area contributed by atoms with Crippen LogP contribution in [0.15, 0.2) is 33.6 Å². The number of amides is 1. The van der Waals surface area contributed by atoms with Crippen molar-refractivity contribution in [1.82, 2.24) is 10.6 Å². The molecule has 1 amide bonds. The highest BCUT2D eigenvalue weighted by molar-refractivity contribution is 9.10. The number of hydrogen-bond acceptors (Lipinski definition) is 3. The van der Waals surface area contributed by atoms with Gasteiger partial charge in [0.2, 0.25) is 5.91 Å². The highest BCUT2D eigenvalue weighted by atomic mass is 79.9. The zero-order valence-corrected chi connectivity index (χ0v) is 13.2. The van der Waals surface area contributed by atoms with Crippen molar-refractivity contribution in [2.45, 2.75) is 30.2 Å².